The number of methoxy groups -OCH3 is 1. The fourth-order valence-corrected chi connectivity index (χ4v) is 2.08. The first-order chi connectivity index (χ1) is 9.20. The molecule has 1 fully saturated rings. The second-order valence-electron chi connectivity index (χ2n) is 4.55. The molecule has 10 heteroatoms. The number of rotatable bonds is 5. The lowest BCUT2D eigenvalue weighted by Gasteiger charge is -2.47. The van der Waals surface area contributed by atoms with E-state index in [0.29, 0.717) is 0 Å². The van der Waals surface area contributed by atoms with Crippen LogP contribution in [-0.2, 0) is 14.3 Å². The number of carboxylic acids is 1. The Balaban J connectivity index is 3.09. The number of carbonyl (C=O) groups is 1. The van der Waals surface area contributed by atoms with Crippen LogP contribution in [0, 0.1) is 0 Å². The Labute approximate surface area is 114 Å². The van der Waals surface area contributed by atoms with Crippen LogP contribution in [0.15, 0.2) is 0 Å². The normalized spacial score (nSPS) is 41.1. The second kappa shape index (κ2) is 6.28. The molecule has 0 spiro atoms. The maximum atomic E-state index is 11.1. The van der Waals surface area contributed by atoms with Crippen LogP contribution in [0.5, 0.6) is 0 Å². The first kappa shape index (κ1) is 17.2. The molecule has 0 amide bonds. The lowest BCUT2D eigenvalue weighted by atomic mass is 9.87. The monoisotopic (exact) mass is 297 g/mol. The number of aliphatic carboxylic acids is 1. The summed E-state index contributed by atoms with van der Waals surface area (Å²) in [6.45, 7) is -0.844. The summed E-state index contributed by atoms with van der Waals surface area (Å²) >= 11 is 0. The zero-order valence-corrected chi connectivity index (χ0v) is 10.7. The molecule has 0 aromatic carbocycles. The first-order valence-electron chi connectivity index (χ1n) is 5.77. The highest BCUT2D eigenvalue weighted by atomic mass is 16.7. The summed E-state index contributed by atoms with van der Waals surface area (Å²) < 4.78 is 9.52. The number of hydrogen-bond donors (Lipinski definition) is 7. The zero-order valence-electron chi connectivity index (χ0n) is 10.7. The topological polar surface area (TPSA) is 183 Å². The average molecular weight is 297 g/mol. The van der Waals surface area contributed by atoms with Crippen molar-refractivity contribution in [2.24, 2.45) is 5.73 Å². The number of ether oxygens (including phenoxy) is 2. The van der Waals surface area contributed by atoms with Crippen molar-refractivity contribution in [2.75, 3.05) is 13.7 Å². The SMILES string of the molecule is COC1[C@H](O)[C@@H](N)[C@H]([C@H](O)[C@H](O)CO)O[C@]1(O)C(=O)O. The van der Waals surface area contributed by atoms with E-state index in [-0.39, 0.29) is 0 Å². The number of aliphatic hydroxyl groups excluding tert-OH is 4. The van der Waals surface area contributed by atoms with E-state index in [2.05, 4.69) is 4.74 Å². The van der Waals surface area contributed by atoms with Crippen LogP contribution < -0.4 is 5.73 Å². The number of nitrogens with two attached hydrogens (primary N) is 1. The lowest BCUT2D eigenvalue weighted by molar-refractivity contribution is -0.334. The van der Waals surface area contributed by atoms with E-state index in [9.17, 15) is 25.2 Å². The quantitative estimate of drug-likeness (QED) is 0.261. The highest BCUT2D eigenvalue weighted by Crippen LogP contribution is 2.31. The van der Waals surface area contributed by atoms with E-state index in [1.165, 1.54) is 0 Å². The van der Waals surface area contributed by atoms with Crippen molar-refractivity contribution < 1.29 is 44.9 Å². The molecular weight excluding hydrogens is 278 g/mol. The van der Waals surface area contributed by atoms with E-state index < -0.39 is 54.9 Å². The Morgan fingerprint density at radius 3 is 2.45 bits per heavy atom. The fourth-order valence-electron chi connectivity index (χ4n) is 2.08. The molecule has 118 valence electrons. The minimum atomic E-state index is -2.95. The lowest BCUT2D eigenvalue weighted by Crippen LogP contribution is -2.72. The molecule has 1 saturated heterocycles. The van der Waals surface area contributed by atoms with Gasteiger partial charge in [0.2, 0.25) is 0 Å². The molecule has 10 nitrogen and oxygen atoms in total. The van der Waals surface area contributed by atoms with Crippen molar-refractivity contribution in [1.82, 2.24) is 0 Å². The molecule has 0 aromatic heterocycles. The van der Waals surface area contributed by atoms with Gasteiger partial charge in [0, 0.05) is 7.11 Å². The van der Waals surface area contributed by atoms with Gasteiger partial charge >= 0.3 is 5.97 Å². The molecule has 20 heavy (non-hydrogen) atoms. The van der Waals surface area contributed by atoms with Gasteiger partial charge in [0.25, 0.3) is 5.79 Å². The van der Waals surface area contributed by atoms with Crippen molar-refractivity contribution in [3.05, 3.63) is 0 Å². The van der Waals surface area contributed by atoms with Crippen molar-refractivity contribution in [1.29, 1.82) is 0 Å². The zero-order chi connectivity index (χ0) is 15.7. The van der Waals surface area contributed by atoms with Gasteiger partial charge < -0.3 is 45.8 Å². The molecular formula is C10H19NO9. The summed E-state index contributed by atoms with van der Waals surface area (Å²) in [5.41, 5.74) is 5.59. The minimum Gasteiger partial charge on any atom is -0.477 e. The third-order valence-electron chi connectivity index (χ3n) is 3.26. The highest BCUT2D eigenvalue weighted by Gasteiger charge is 2.59. The fraction of sp³-hybridized carbons (Fsp3) is 0.900. The van der Waals surface area contributed by atoms with Gasteiger partial charge in [-0.2, -0.15) is 0 Å². The molecule has 1 unspecified atom stereocenters. The van der Waals surface area contributed by atoms with Crippen LogP contribution in [0.4, 0.5) is 0 Å². The minimum absolute atomic E-state index is 0.844. The molecule has 1 aliphatic heterocycles. The van der Waals surface area contributed by atoms with E-state index in [0.717, 1.165) is 7.11 Å². The molecule has 7 atom stereocenters. The first-order valence-corrected chi connectivity index (χ1v) is 5.77. The van der Waals surface area contributed by atoms with Crippen LogP contribution in [0.1, 0.15) is 0 Å². The molecule has 1 rings (SSSR count). The third-order valence-corrected chi connectivity index (χ3v) is 3.26. The largest absolute Gasteiger partial charge is 0.477 e. The Morgan fingerprint density at radius 2 is 2.05 bits per heavy atom. The standard InChI is InChI=1S/C10H19NO9/c1-19-8-6(15)4(11)7(5(14)3(13)2-12)20-10(8,18)9(16)17/h3-8,12-15,18H,2,11H2,1H3,(H,16,17)/t3-,4-,5-,6-,7-,8?,10+/m1/s1. The summed E-state index contributed by atoms with van der Waals surface area (Å²) in [5.74, 6) is -4.81. The smallest absolute Gasteiger partial charge is 0.367 e. The van der Waals surface area contributed by atoms with Crippen molar-refractivity contribution in [3.8, 4) is 0 Å². The van der Waals surface area contributed by atoms with Gasteiger partial charge in [-0.25, -0.2) is 4.79 Å². The maximum Gasteiger partial charge on any atom is 0.367 e. The average Bonchev–Trinajstić information content (AvgIpc) is 2.41. The molecule has 0 aliphatic carbocycles. The number of aliphatic hydroxyl groups is 5. The molecule has 1 heterocycles. The van der Waals surface area contributed by atoms with Gasteiger partial charge in [0.1, 0.15) is 30.5 Å². The molecule has 1 aliphatic rings. The van der Waals surface area contributed by atoms with Gasteiger partial charge in [0.05, 0.1) is 12.6 Å². The Bertz CT molecular complexity index is 354. The predicted octanol–water partition coefficient (Wildman–Crippen LogP) is -4.42. The van der Waals surface area contributed by atoms with Crippen LogP contribution in [0.3, 0.4) is 0 Å². The third kappa shape index (κ3) is 2.77. The Morgan fingerprint density at radius 1 is 1.50 bits per heavy atom. The van der Waals surface area contributed by atoms with E-state index in [1.807, 2.05) is 0 Å². The maximum absolute atomic E-state index is 11.1. The van der Waals surface area contributed by atoms with Crippen LogP contribution in [-0.4, -0.2) is 92.7 Å². The molecule has 0 saturated carbocycles. The molecule has 0 aromatic rings. The van der Waals surface area contributed by atoms with Gasteiger partial charge in [-0.3, -0.25) is 0 Å². The summed E-state index contributed by atoms with van der Waals surface area (Å²) in [4.78, 5) is 11.1. The van der Waals surface area contributed by atoms with Gasteiger partial charge in [-0.15, -0.1) is 0 Å². The predicted molar refractivity (Wildman–Crippen MR) is 61.3 cm³/mol. The number of carboxylic acid groups (broad SMARTS) is 1. The van der Waals surface area contributed by atoms with Gasteiger partial charge in [-0.05, 0) is 0 Å². The van der Waals surface area contributed by atoms with E-state index in [1.54, 1.807) is 0 Å². The van der Waals surface area contributed by atoms with E-state index >= 15 is 0 Å². The molecule has 0 radical (unpaired) electrons. The highest BCUT2D eigenvalue weighted by molar-refractivity contribution is 5.76. The van der Waals surface area contributed by atoms with Crippen LogP contribution >= 0.6 is 0 Å². The molecule has 8 N–H and O–H groups in total. The second-order valence-corrected chi connectivity index (χ2v) is 4.55. The summed E-state index contributed by atoms with van der Waals surface area (Å²) in [6, 6.07) is -1.35. The van der Waals surface area contributed by atoms with Crippen LogP contribution in [0.25, 0.3) is 0 Å². The number of hydrogen-bond acceptors (Lipinski definition) is 9. The molecule has 0 bridgehead atoms. The summed E-state index contributed by atoms with van der Waals surface area (Å²) in [7, 11) is 1.04. The Kier molecular flexibility index (Phi) is 5.40. The van der Waals surface area contributed by atoms with Crippen molar-refractivity contribution in [3.63, 3.8) is 0 Å². The van der Waals surface area contributed by atoms with Gasteiger partial charge in [0.15, 0.2) is 0 Å². The van der Waals surface area contributed by atoms with Crippen molar-refractivity contribution >= 4 is 5.97 Å². The van der Waals surface area contributed by atoms with E-state index in [4.69, 9.17) is 20.7 Å². The Hall–Kier alpha value is -0.850. The van der Waals surface area contributed by atoms with Gasteiger partial charge in [-0.1, -0.05) is 0 Å². The van der Waals surface area contributed by atoms with Crippen LogP contribution in [0.2, 0.25) is 0 Å². The van der Waals surface area contributed by atoms with Crippen molar-refractivity contribution in [2.45, 2.75) is 42.3 Å². The summed E-state index contributed by atoms with van der Waals surface area (Å²) in [5, 5.41) is 56.7. The summed E-state index contributed by atoms with van der Waals surface area (Å²) in [6.07, 6.45) is -8.49.